The molecule has 1 saturated heterocycles. The van der Waals surface area contributed by atoms with E-state index in [0.29, 0.717) is 12.8 Å². The molecule has 0 unspecified atom stereocenters. The summed E-state index contributed by atoms with van der Waals surface area (Å²) in [7, 11) is 0. The maximum Gasteiger partial charge on any atom is 0.326 e. The third-order valence-electron chi connectivity index (χ3n) is 5.48. The Balaban J connectivity index is 2.09. The summed E-state index contributed by atoms with van der Waals surface area (Å²) in [5.74, 6) is -4.02. The molecule has 11 nitrogen and oxygen atoms in total. The SMILES string of the molecule is C[C@H](NC(=O)[C@@H](N)CCC(=O)O)C(=O)N[C@@H](Cc1ccccc1)C(=O)N1CCC[C@@H]1C(=O)O. The largest absolute Gasteiger partial charge is 0.481 e. The van der Waals surface area contributed by atoms with Gasteiger partial charge >= 0.3 is 11.9 Å². The maximum absolute atomic E-state index is 13.2. The number of amides is 3. The van der Waals surface area contributed by atoms with Crippen molar-refractivity contribution in [2.45, 2.75) is 63.2 Å². The van der Waals surface area contributed by atoms with Crippen LogP contribution in [0, 0.1) is 0 Å². The van der Waals surface area contributed by atoms with Gasteiger partial charge in [-0.3, -0.25) is 19.2 Å². The van der Waals surface area contributed by atoms with Crippen molar-refractivity contribution in [1.29, 1.82) is 0 Å². The monoisotopic (exact) mass is 462 g/mol. The zero-order chi connectivity index (χ0) is 24.5. The van der Waals surface area contributed by atoms with E-state index >= 15 is 0 Å². The lowest BCUT2D eigenvalue weighted by molar-refractivity contribution is -0.149. The van der Waals surface area contributed by atoms with Crippen LogP contribution in [-0.2, 0) is 30.4 Å². The molecule has 1 fully saturated rings. The first-order chi connectivity index (χ1) is 15.6. The number of hydrogen-bond donors (Lipinski definition) is 5. The number of carbonyl (C=O) groups is 5. The Labute approximate surface area is 191 Å². The van der Waals surface area contributed by atoms with Crippen molar-refractivity contribution in [3.63, 3.8) is 0 Å². The number of carboxylic acid groups (broad SMARTS) is 2. The molecule has 0 aromatic heterocycles. The van der Waals surface area contributed by atoms with Crippen LogP contribution in [0.15, 0.2) is 30.3 Å². The van der Waals surface area contributed by atoms with E-state index in [1.165, 1.54) is 11.8 Å². The highest BCUT2D eigenvalue weighted by Crippen LogP contribution is 2.19. The second-order valence-electron chi connectivity index (χ2n) is 8.05. The highest BCUT2D eigenvalue weighted by molar-refractivity contribution is 5.94. The summed E-state index contributed by atoms with van der Waals surface area (Å²) in [5, 5.41) is 23.2. The van der Waals surface area contributed by atoms with Crippen LogP contribution >= 0.6 is 0 Å². The minimum absolute atomic E-state index is 0.0871. The molecule has 0 saturated carbocycles. The van der Waals surface area contributed by atoms with Gasteiger partial charge < -0.3 is 31.5 Å². The van der Waals surface area contributed by atoms with E-state index in [4.69, 9.17) is 10.8 Å². The molecule has 1 aliphatic heterocycles. The Morgan fingerprint density at radius 2 is 1.76 bits per heavy atom. The molecule has 0 aliphatic carbocycles. The lowest BCUT2D eigenvalue weighted by Gasteiger charge is -2.28. The lowest BCUT2D eigenvalue weighted by Crippen LogP contribution is -2.57. The summed E-state index contributed by atoms with van der Waals surface area (Å²) >= 11 is 0. The van der Waals surface area contributed by atoms with E-state index in [1.807, 2.05) is 6.07 Å². The number of nitrogens with one attached hydrogen (secondary N) is 2. The molecule has 0 radical (unpaired) electrons. The Kier molecular flexibility index (Phi) is 9.34. The quantitative estimate of drug-likeness (QED) is 0.291. The van der Waals surface area contributed by atoms with Crippen molar-refractivity contribution < 1.29 is 34.2 Å². The van der Waals surface area contributed by atoms with Crippen molar-refractivity contribution in [3.05, 3.63) is 35.9 Å². The van der Waals surface area contributed by atoms with E-state index < -0.39 is 53.8 Å². The second-order valence-corrected chi connectivity index (χ2v) is 8.05. The first-order valence-electron chi connectivity index (χ1n) is 10.8. The van der Waals surface area contributed by atoms with Crippen LogP contribution in [0.1, 0.15) is 38.2 Å². The van der Waals surface area contributed by atoms with Gasteiger partial charge in [-0.15, -0.1) is 0 Å². The van der Waals surface area contributed by atoms with E-state index in [-0.39, 0.29) is 25.8 Å². The highest BCUT2D eigenvalue weighted by Gasteiger charge is 2.38. The molecular formula is C22H30N4O7. The molecule has 11 heteroatoms. The smallest absolute Gasteiger partial charge is 0.326 e. The average molecular weight is 463 g/mol. The van der Waals surface area contributed by atoms with Gasteiger partial charge in [-0.25, -0.2) is 4.79 Å². The molecule has 4 atom stereocenters. The number of nitrogens with zero attached hydrogens (tertiary/aromatic N) is 1. The molecular weight excluding hydrogens is 432 g/mol. The van der Waals surface area contributed by atoms with E-state index in [0.717, 1.165) is 5.56 Å². The molecule has 3 amide bonds. The zero-order valence-corrected chi connectivity index (χ0v) is 18.4. The summed E-state index contributed by atoms with van der Waals surface area (Å²) in [4.78, 5) is 61.5. The highest BCUT2D eigenvalue weighted by atomic mass is 16.4. The zero-order valence-electron chi connectivity index (χ0n) is 18.4. The molecule has 2 rings (SSSR count). The van der Waals surface area contributed by atoms with Gasteiger partial charge in [0.25, 0.3) is 0 Å². The third-order valence-corrected chi connectivity index (χ3v) is 5.48. The lowest BCUT2D eigenvalue weighted by atomic mass is 10.0. The summed E-state index contributed by atoms with van der Waals surface area (Å²) in [6.45, 7) is 1.69. The molecule has 6 N–H and O–H groups in total. The molecule has 33 heavy (non-hydrogen) atoms. The van der Waals surface area contributed by atoms with Crippen LogP contribution in [0.2, 0.25) is 0 Å². The summed E-state index contributed by atoms with van der Waals surface area (Å²) < 4.78 is 0. The number of nitrogens with two attached hydrogens (primary N) is 1. The van der Waals surface area contributed by atoms with Crippen molar-refractivity contribution in [2.75, 3.05) is 6.54 Å². The summed E-state index contributed by atoms with van der Waals surface area (Å²) in [6, 6.07) is 4.84. The van der Waals surface area contributed by atoms with Gasteiger partial charge in [-0.2, -0.15) is 0 Å². The topological polar surface area (TPSA) is 179 Å². The van der Waals surface area contributed by atoms with Crippen LogP contribution in [0.3, 0.4) is 0 Å². The van der Waals surface area contributed by atoms with Crippen LogP contribution < -0.4 is 16.4 Å². The van der Waals surface area contributed by atoms with Gasteiger partial charge in [0, 0.05) is 19.4 Å². The van der Waals surface area contributed by atoms with Gasteiger partial charge in [0.1, 0.15) is 18.1 Å². The van der Waals surface area contributed by atoms with Gasteiger partial charge in [0.05, 0.1) is 6.04 Å². The Morgan fingerprint density at radius 3 is 2.36 bits per heavy atom. The summed E-state index contributed by atoms with van der Waals surface area (Å²) in [6.07, 6.45) is 0.662. The first-order valence-corrected chi connectivity index (χ1v) is 10.8. The normalized spacial score (nSPS) is 18.1. The Morgan fingerprint density at radius 1 is 1.09 bits per heavy atom. The first kappa shape index (κ1) is 25.8. The molecule has 1 aromatic rings. The second kappa shape index (κ2) is 12.0. The fraction of sp³-hybridized carbons (Fsp3) is 0.500. The van der Waals surface area contributed by atoms with Crippen molar-refractivity contribution in [1.82, 2.24) is 15.5 Å². The van der Waals surface area contributed by atoms with Gasteiger partial charge in [0.15, 0.2) is 0 Å². The van der Waals surface area contributed by atoms with Crippen LogP contribution in [-0.4, -0.2) is 75.5 Å². The van der Waals surface area contributed by atoms with Gasteiger partial charge in [0.2, 0.25) is 17.7 Å². The Bertz CT molecular complexity index is 877. The predicted octanol–water partition coefficient (Wildman–Crippen LogP) is -0.514. The number of carbonyl (C=O) groups excluding carboxylic acids is 3. The fourth-order valence-corrected chi connectivity index (χ4v) is 3.63. The molecule has 1 aliphatic rings. The molecule has 0 spiro atoms. The third kappa shape index (κ3) is 7.56. The maximum atomic E-state index is 13.2. The van der Waals surface area contributed by atoms with Crippen LogP contribution in [0.5, 0.6) is 0 Å². The molecule has 1 aromatic carbocycles. The van der Waals surface area contributed by atoms with Crippen LogP contribution in [0.25, 0.3) is 0 Å². The van der Waals surface area contributed by atoms with E-state index in [1.54, 1.807) is 24.3 Å². The summed E-state index contributed by atoms with van der Waals surface area (Å²) in [5.41, 5.74) is 6.44. The van der Waals surface area contributed by atoms with Gasteiger partial charge in [-0.1, -0.05) is 30.3 Å². The van der Waals surface area contributed by atoms with E-state index in [2.05, 4.69) is 10.6 Å². The molecule has 0 bridgehead atoms. The van der Waals surface area contributed by atoms with E-state index in [9.17, 15) is 29.1 Å². The standard InChI is InChI=1S/C22H30N4O7/c1-13(24-20(30)15(23)9-10-18(27)28)19(29)25-16(12-14-6-3-2-4-7-14)21(31)26-11-5-8-17(26)22(32)33/h2-4,6-7,13,15-17H,5,8-12,23H2,1H3,(H,24,30)(H,25,29)(H,27,28)(H,32,33)/t13-,15-,16-,17+/m0/s1. The number of hydrogen-bond acceptors (Lipinski definition) is 6. The van der Waals surface area contributed by atoms with Gasteiger partial charge in [-0.05, 0) is 31.7 Å². The Hall–Kier alpha value is -3.47. The number of likely N-dealkylation sites (tertiary alicyclic amines) is 1. The average Bonchev–Trinajstić information content (AvgIpc) is 3.27. The number of rotatable bonds is 11. The predicted molar refractivity (Wildman–Crippen MR) is 117 cm³/mol. The molecule has 1 heterocycles. The van der Waals surface area contributed by atoms with Crippen molar-refractivity contribution >= 4 is 29.7 Å². The van der Waals surface area contributed by atoms with Crippen molar-refractivity contribution in [3.8, 4) is 0 Å². The molecule has 180 valence electrons. The minimum Gasteiger partial charge on any atom is -0.481 e. The number of aliphatic carboxylic acids is 2. The van der Waals surface area contributed by atoms with Crippen molar-refractivity contribution in [2.24, 2.45) is 5.73 Å². The minimum atomic E-state index is -1.10. The van der Waals surface area contributed by atoms with Crippen LogP contribution in [0.4, 0.5) is 0 Å². The fourth-order valence-electron chi connectivity index (χ4n) is 3.63. The number of carboxylic acids is 2. The number of benzene rings is 1.